The van der Waals surface area contributed by atoms with E-state index in [1.54, 1.807) is 0 Å². The number of nitrogens with two attached hydrogens (primary N) is 1. The lowest BCUT2D eigenvalue weighted by molar-refractivity contribution is -0.123. The van der Waals surface area contributed by atoms with Crippen molar-refractivity contribution >= 4 is 5.91 Å². The summed E-state index contributed by atoms with van der Waals surface area (Å²) in [7, 11) is 0. The molecular formula is C12H24N2O. The molecule has 0 bridgehead atoms. The third-order valence-corrected chi connectivity index (χ3v) is 3.40. The van der Waals surface area contributed by atoms with E-state index < -0.39 is 0 Å². The minimum atomic E-state index is 0.0741. The van der Waals surface area contributed by atoms with Crippen LogP contribution in [0.4, 0.5) is 0 Å². The van der Waals surface area contributed by atoms with E-state index in [-0.39, 0.29) is 11.4 Å². The predicted octanol–water partition coefficient (Wildman–Crippen LogP) is 1.95. The molecule has 15 heavy (non-hydrogen) atoms. The lowest BCUT2D eigenvalue weighted by Gasteiger charge is -2.38. The number of hydrogen-bond acceptors (Lipinski definition) is 2. The minimum Gasteiger partial charge on any atom is -0.351 e. The van der Waals surface area contributed by atoms with Crippen molar-refractivity contribution < 1.29 is 4.79 Å². The monoisotopic (exact) mass is 212 g/mol. The molecular weight excluding hydrogens is 188 g/mol. The maximum Gasteiger partial charge on any atom is 0.220 e. The summed E-state index contributed by atoms with van der Waals surface area (Å²) in [5.74, 6) is 0.189. The van der Waals surface area contributed by atoms with Crippen LogP contribution in [0.2, 0.25) is 0 Å². The Morgan fingerprint density at radius 3 is 2.53 bits per heavy atom. The highest BCUT2D eigenvalue weighted by Gasteiger charge is 2.32. The van der Waals surface area contributed by atoms with E-state index in [0.717, 1.165) is 32.2 Å². The molecule has 0 saturated heterocycles. The van der Waals surface area contributed by atoms with Crippen LogP contribution in [0.15, 0.2) is 0 Å². The maximum atomic E-state index is 11.5. The Hall–Kier alpha value is -0.570. The number of carbonyl (C=O) groups is 1. The first kappa shape index (κ1) is 12.5. The molecule has 88 valence electrons. The fourth-order valence-electron chi connectivity index (χ4n) is 2.49. The largest absolute Gasteiger partial charge is 0.351 e. The molecule has 0 aliphatic heterocycles. The van der Waals surface area contributed by atoms with Crippen LogP contribution in [0.3, 0.4) is 0 Å². The topological polar surface area (TPSA) is 55.1 Å². The van der Waals surface area contributed by atoms with Crippen LogP contribution in [-0.4, -0.2) is 18.0 Å². The average Bonchev–Trinajstić information content (AvgIpc) is 2.27. The van der Waals surface area contributed by atoms with Gasteiger partial charge in [-0.2, -0.15) is 0 Å². The molecule has 3 N–H and O–H groups in total. The van der Waals surface area contributed by atoms with Crippen molar-refractivity contribution in [2.45, 2.75) is 63.8 Å². The van der Waals surface area contributed by atoms with Crippen LogP contribution >= 0.6 is 0 Å². The van der Waals surface area contributed by atoms with Gasteiger partial charge in [0.15, 0.2) is 0 Å². The van der Waals surface area contributed by atoms with Gasteiger partial charge in [0.1, 0.15) is 0 Å². The van der Waals surface area contributed by atoms with Gasteiger partial charge in [-0.3, -0.25) is 4.79 Å². The number of amides is 1. The van der Waals surface area contributed by atoms with Gasteiger partial charge in [-0.1, -0.05) is 26.2 Å². The van der Waals surface area contributed by atoms with Crippen molar-refractivity contribution in [3.8, 4) is 0 Å². The number of nitrogens with one attached hydrogen (secondary N) is 1. The van der Waals surface area contributed by atoms with Crippen LogP contribution in [0.25, 0.3) is 0 Å². The maximum absolute atomic E-state index is 11.5. The third-order valence-electron chi connectivity index (χ3n) is 3.40. The molecule has 0 aromatic rings. The fourth-order valence-corrected chi connectivity index (χ4v) is 2.49. The molecule has 0 unspecified atom stereocenters. The number of hydrogen-bond donors (Lipinski definition) is 2. The van der Waals surface area contributed by atoms with Crippen LogP contribution < -0.4 is 11.1 Å². The average molecular weight is 212 g/mol. The molecule has 1 fully saturated rings. The Bertz CT molecular complexity index is 198. The first-order valence-electron chi connectivity index (χ1n) is 6.23. The number of rotatable bonds is 5. The quantitative estimate of drug-likeness (QED) is 0.732. The zero-order valence-electron chi connectivity index (χ0n) is 9.85. The Kier molecular flexibility index (Phi) is 5.09. The molecule has 0 spiro atoms. The Labute approximate surface area is 92.8 Å². The normalized spacial score (nSPS) is 19.9. The van der Waals surface area contributed by atoms with Gasteiger partial charge in [0.2, 0.25) is 5.91 Å². The third kappa shape index (κ3) is 3.82. The SMILES string of the molecule is CCC(=O)NC1(CCCN)CCCCC1. The van der Waals surface area contributed by atoms with Crippen LogP contribution in [0.5, 0.6) is 0 Å². The van der Waals surface area contributed by atoms with Crippen molar-refractivity contribution in [2.75, 3.05) is 6.54 Å². The summed E-state index contributed by atoms with van der Waals surface area (Å²) in [5.41, 5.74) is 5.63. The second-order valence-corrected chi connectivity index (χ2v) is 4.63. The number of carbonyl (C=O) groups excluding carboxylic acids is 1. The van der Waals surface area contributed by atoms with E-state index in [0.29, 0.717) is 6.42 Å². The van der Waals surface area contributed by atoms with Crippen molar-refractivity contribution in [3.63, 3.8) is 0 Å². The summed E-state index contributed by atoms with van der Waals surface area (Å²) in [6.07, 6.45) is 8.73. The van der Waals surface area contributed by atoms with E-state index >= 15 is 0 Å². The van der Waals surface area contributed by atoms with Gasteiger partial charge in [0.25, 0.3) is 0 Å². The van der Waals surface area contributed by atoms with Crippen molar-refractivity contribution in [3.05, 3.63) is 0 Å². The van der Waals surface area contributed by atoms with Gasteiger partial charge >= 0.3 is 0 Å². The van der Waals surface area contributed by atoms with E-state index in [1.807, 2.05) is 6.92 Å². The smallest absolute Gasteiger partial charge is 0.220 e. The Morgan fingerprint density at radius 1 is 1.33 bits per heavy atom. The second-order valence-electron chi connectivity index (χ2n) is 4.63. The molecule has 1 aliphatic carbocycles. The van der Waals surface area contributed by atoms with E-state index in [1.165, 1.54) is 19.3 Å². The summed E-state index contributed by atoms with van der Waals surface area (Å²) in [4.78, 5) is 11.5. The molecule has 1 saturated carbocycles. The first-order valence-corrected chi connectivity index (χ1v) is 6.23. The summed E-state index contributed by atoms with van der Waals surface area (Å²) in [5, 5.41) is 3.22. The standard InChI is InChI=1S/C12H24N2O/c1-2-11(15)14-12(9-6-10-13)7-4-3-5-8-12/h2-10,13H2,1H3,(H,14,15). The highest BCUT2D eigenvalue weighted by Crippen LogP contribution is 2.31. The zero-order chi connectivity index (χ0) is 11.1. The fraction of sp³-hybridized carbons (Fsp3) is 0.917. The van der Waals surface area contributed by atoms with Gasteiger partial charge in [0, 0.05) is 12.0 Å². The molecule has 0 radical (unpaired) electrons. The molecule has 1 rings (SSSR count). The minimum absolute atomic E-state index is 0.0741. The van der Waals surface area contributed by atoms with E-state index in [4.69, 9.17) is 5.73 Å². The molecule has 3 nitrogen and oxygen atoms in total. The Morgan fingerprint density at radius 2 is 2.00 bits per heavy atom. The Balaban J connectivity index is 2.53. The van der Waals surface area contributed by atoms with Crippen molar-refractivity contribution in [1.82, 2.24) is 5.32 Å². The van der Waals surface area contributed by atoms with E-state index in [9.17, 15) is 4.79 Å². The molecule has 0 atom stereocenters. The highest BCUT2D eigenvalue weighted by atomic mass is 16.1. The molecule has 1 amide bonds. The summed E-state index contributed by atoms with van der Waals surface area (Å²) >= 11 is 0. The van der Waals surface area contributed by atoms with Crippen LogP contribution in [0.1, 0.15) is 58.3 Å². The molecule has 0 aromatic heterocycles. The predicted molar refractivity (Wildman–Crippen MR) is 62.5 cm³/mol. The second kappa shape index (κ2) is 6.11. The first-order chi connectivity index (χ1) is 7.22. The van der Waals surface area contributed by atoms with Gasteiger partial charge in [-0.15, -0.1) is 0 Å². The van der Waals surface area contributed by atoms with Crippen LogP contribution in [0, 0.1) is 0 Å². The van der Waals surface area contributed by atoms with Gasteiger partial charge in [-0.25, -0.2) is 0 Å². The lowest BCUT2D eigenvalue weighted by Crippen LogP contribution is -2.49. The lowest BCUT2D eigenvalue weighted by atomic mass is 9.78. The van der Waals surface area contributed by atoms with Gasteiger partial charge < -0.3 is 11.1 Å². The summed E-state index contributed by atoms with van der Waals surface area (Å²) < 4.78 is 0. The summed E-state index contributed by atoms with van der Waals surface area (Å²) in [6.45, 7) is 2.64. The van der Waals surface area contributed by atoms with Gasteiger partial charge in [-0.05, 0) is 32.2 Å². The van der Waals surface area contributed by atoms with Gasteiger partial charge in [0.05, 0.1) is 0 Å². The molecule has 0 aromatic carbocycles. The highest BCUT2D eigenvalue weighted by molar-refractivity contribution is 5.76. The molecule has 1 aliphatic rings. The van der Waals surface area contributed by atoms with Crippen LogP contribution in [-0.2, 0) is 4.79 Å². The molecule has 0 heterocycles. The van der Waals surface area contributed by atoms with E-state index in [2.05, 4.69) is 5.32 Å². The zero-order valence-corrected chi connectivity index (χ0v) is 9.85. The van der Waals surface area contributed by atoms with Crippen molar-refractivity contribution in [2.24, 2.45) is 5.73 Å². The molecule has 3 heteroatoms. The van der Waals surface area contributed by atoms with Crippen molar-refractivity contribution in [1.29, 1.82) is 0 Å². The summed E-state index contributed by atoms with van der Waals surface area (Å²) in [6, 6.07) is 0.